The summed E-state index contributed by atoms with van der Waals surface area (Å²) < 4.78 is 0. The second-order valence-corrected chi connectivity index (χ2v) is 7.19. The van der Waals surface area contributed by atoms with E-state index < -0.39 is 0 Å². The number of aryl methyl sites for hydroxylation is 1. The van der Waals surface area contributed by atoms with Crippen molar-refractivity contribution in [2.75, 3.05) is 12.7 Å². The van der Waals surface area contributed by atoms with Gasteiger partial charge in [-0.1, -0.05) is 51.4 Å². The summed E-state index contributed by atoms with van der Waals surface area (Å²) in [5, 5.41) is 0. The zero-order valence-corrected chi connectivity index (χ0v) is 12.7. The Kier molecular flexibility index (Phi) is 3.24. The summed E-state index contributed by atoms with van der Waals surface area (Å²) >= 11 is 0. The molecule has 1 aliphatic carbocycles. The molecular weight excluding hydrogens is 261 g/mol. The number of hydrogen-bond donors (Lipinski definition) is 0. The van der Waals surface area contributed by atoms with Gasteiger partial charge in [0.25, 0.3) is 0 Å². The van der Waals surface area contributed by atoms with Gasteiger partial charge in [-0.05, 0) is 36.0 Å². The van der Waals surface area contributed by atoms with Crippen molar-refractivity contribution in [3.8, 4) is 0 Å². The van der Waals surface area contributed by atoms with Gasteiger partial charge in [0, 0.05) is 24.5 Å². The highest BCUT2D eigenvalue weighted by Gasteiger charge is 2.21. The normalized spacial score (nSPS) is 21.5. The maximum Gasteiger partial charge on any atom is 0.0719 e. The molecule has 20 heavy (non-hydrogen) atoms. The standard InChI is InChI=1S/C18H20NP/c1-2-17(18-19(11-1)12-13-20-18)16-9-7-15(8-10-16)6-5-14-3-4-14/h1-2,7-11,14H,3-6,12-13H2. The van der Waals surface area contributed by atoms with Crippen LogP contribution in [0.4, 0.5) is 0 Å². The van der Waals surface area contributed by atoms with E-state index in [2.05, 4.69) is 47.5 Å². The van der Waals surface area contributed by atoms with Crippen molar-refractivity contribution in [2.45, 2.75) is 25.7 Å². The first kappa shape index (κ1) is 12.4. The van der Waals surface area contributed by atoms with Crippen molar-refractivity contribution in [3.63, 3.8) is 0 Å². The van der Waals surface area contributed by atoms with Crippen LogP contribution in [0, 0.1) is 5.92 Å². The molecule has 0 radical (unpaired) electrons. The van der Waals surface area contributed by atoms with E-state index in [9.17, 15) is 0 Å². The van der Waals surface area contributed by atoms with Crippen LogP contribution in [0.5, 0.6) is 0 Å². The number of fused-ring (bicyclic) bond motifs is 1. The fraction of sp³-hybridized carbons (Fsp3) is 0.389. The number of benzene rings is 1. The average molecular weight is 281 g/mol. The highest BCUT2D eigenvalue weighted by molar-refractivity contribution is 7.42. The Hall–Kier alpha value is -1.33. The molecule has 1 aromatic rings. The minimum absolute atomic E-state index is 1.03. The summed E-state index contributed by atoms with van der Waals surface area (Å²) in [5.41, 5.74) is 5.77. The quantitative estimate of drug-likeness (QED) is 0.742. The van der Waals surface area contributed by atoms with E-state index in [4.69, 9.17) is 0 Å². The highest BCUT2D eigenvalue weighted by atomic mass is 31.1. The Labute approximate surface area is 122 Å². The molecule has 2 aliphatic heterocycles. The lowest BCUT2D eigenvalue weighted by Gasteiger charge is -2.22. The topological polar surface area (TPSA) is 3.24 Å². The Morgan fingerprint density at radius 2 is 2.00 bits per heavy atom. The van der Waals surface area contributed by atoms with Gasteiger partial charge < -0.3 is 4.90 Å². The largest absolute Gasteiger partial charge is 0.343 e. The van der Waals surface area contributed by atoms with E-state index in [1.165, 1.54) is 68.7 Å². The summed E-state index contributed by atoms with van der Waals surface area (Å²) in [5.74, 6) is 1.03. The van der Waals surface area contributed by atoms with Crippen LogP contribution in [-0.2, 0) is 6.42 Å². The van der Waals surface area contributed by atoms with Crippen molar-refractivity contribution >= 4 is 19.2 Å². The van der Waals surface area contributed by atoms with Crippen molar-refractivity contribution in [1.82, 2.24) is 4.90 Å². The fourth-order valence-corrected chi connectivity index (χ4v) is 4.27. The van der Waals surface area contributed by atoms with Crippen LogP contribution in [-0.4, -0.2) is 23.0 Å². The van der Waals surface area contributed by atoms with E-state index in [-0.39, 0.29) is 0 Å². The van der Waals surface area contributed by atoms with E-state index in [1.54, 1.807) is 0 Å². The van der Waals surface area contributed by atoms with Crippen molar-refractivity contribution in [3.05, 3.63) is 53.7 Å². The van der Waals surface area contributed by atoms with Gasteiger partial charge in [0.2, 0.25) is 0 Å². The lowest BCUT2D eigenvalue weighted by Crippen LogP contribution is -2.24. The van der Waals surface area contributed by atoms with Gasteiger partial charge in [0.15, 0.2) is 0 Å². The molecule has 0 aromatic heterocycles. The zero-order chi connectivity index (χ0) is 13.4. The molecule has 0 unspecified atom stereocenters. The minimum atomic E-state index is 1.03. The molecule has 0 bridgehead atoms. The fourth-order valence-electron chi connectivity index (χ4n) is 3.02. The summed E-state index contributed by atoms with van der Waals surface area (Å²) in [7, 11) is 1.47. The van der Waals surface area contributed by atoms with E-state index in [0.29, 0.717) is 0 Å². The molecular formula is C18H20NP. The molecule has 102 valence electrons. The first-order valence-corrected chi connectivity index (χ1v) is 8.77. The molecule has 2 heterocycles. The maximum atomic E-state index is 2.40. The number of allylic oxidation sites excluding steroid dienone is 2. The van der Waals surface area contributed by atoms with Crippen LogP contribution < -0.4 is 0 Å². The van der Waals surface area contributed by atoms with Gasteiger partial charge in [-0.25, -0.2) is 0 Å². The third-order valence-electron chi connectivity index (χ3n) is 4.45. The summed E-state index contributed by atoms with van der Waals surface area (Å²) in [6, 6.07) is 9.28. The van der Waals surface area contributed by atoms with Crippen molar-refractivity contribution in [1.29, 1.82) is 0 Å². The van der Waals surface area contributed by atoms with Crippen molar-refractivity contribution in [2.24, 2.45) is 5.92 Å². The molecule has 0 spiro atoms. The van der Waals surface area contributed by atoms with Gasteiger partial charge >= 0.3 is 0 Å². The minimum Gasteiger partial charge on any atom is -0.343 e. The molecule has 0 amide bonds. The summed E-state index contributed by atoms with van der Waals surface area (Å²) in [6.45, 7) is 1.17. The van der Waals surface area contributed by atoms with Crippen LogP contribution in [0.2, 0.25) is 0 Å². The molecule has 4 rings (SSSR count). The lowest BCUT2D eigenvalue weighted by molar-refractivity contribution is 0.618. The van der Waals surface area contributed by atoms with Crippen LogP contribution in [0.3, 0.4) is 0 Å². The van der Waals surface area contributed by atoms with Crippen LogP contribution >= 0.6 is 8.20 Å². The summed E-state index contributed by atoms with van der Waals surface area (Å²) in [4.78, 5) is 2.40. The Bertz CT molecular complexity index is 590. The molecule has 3 aliphatic rings. The van der Waals surface area contributed by atoms with Gasteiger partial charge in [-0.3, -0.25) is 0 Å². The Morgan fingerprint density at radius 3 is 2.80 bits per heavy atom. The number of nitrogens with zero attached hydrogens (tertiary/aromatic N) is 1. The number of hydrogen-bond acceptors (Lipinski definition) is 1. The van der Waals surface area contributed by atoms with Gasteiger partial charge in [0.1, 0.15) is 0 Å². The molecule has 1 nitrogen and oxygen atoms in total. The SMILES string of the molecule is C1=CN2CCP=C2C(c2ccc(CCC3CC3)cc2)=C1. The molecule has 1 fully saturated rings. The van der Waals surface area contributed by atoms with Crippen LogP contribution in [0.1, 0.15) is 30.4 Å². The van der Waals surface area contributed by atoms with E-state index in [1.807, 2.05) is 0 Å². The van der Waals surface area contributed by atoms with Crippen LogP contribution in [0.15, 0.2) is 42.6 Å². The van der Waals surface area contributed by atoms with Gasteiger partial charge in [-0.15, -0.1) is 0 Å². The molecule has 0 atom stereocenters. The van der Waals surface area contributed by atoms with E-state index >= 15 is 0 Å². The lowest BCUT2D eigenvalue weighted by atomic mass is 9.99. The second kappa shape index (κ2) is 5.22. The maximum absolute atomic E-state index is 2.40. The number of rotatable bonds is 4. The first-order valence-electron chi connectivity index (χ1n) is 7.69. The predicted octanol–water partition coefficient (Wildman–Crippen LogP) is 4.33. The molecule has 0 saturated heterocycles. The Balaban J connectivity index is 1.53. The average Bonchev–Trinajstić information content (AvgIpc) is 3.20. The van der Waals surface area contributed by atoms with Gasteiger partial charge in [0.05, 0.1) is 5.42 Å². The third-order valence-corrected chi connectivity index (χ3v) is 5.67. The first-order chi connectivity index (χ1) is 9.90. The molecule has 1 saturated carbocycles. The zero-order valence-electron chi connectivity index (χ0n) is 11.8. The Morgan fingerprint density at radius 1 is 1.15 bits per heavy atom. The van der Waals surface area contributed by atoms with Crippen LogP contribution in [0.25, 0.3) is 5.57 Å². The highest BCUT2D eigenvalue weighted by Crippen LogP contribution is 2.34. The molecule has 0 N–H and O–H groups in total. The molecule has 2 heteroatoms. The monoisotopic (exact) mass is 281 g/mol. The third kappa shape index (κ3) is 2.47. The molecule has 1 aromatic carbocycles. The van der Waals surface area contributed by atoms with Gasteiger partial charge in [-0.2, -0.15) is 0 Å². The van der Waals surface area contributed by atoms with Crippen molar-refractivity contribution < 1.29 is 0 Å². The predicted molar refractivity (Wildman–Crippen MR) is 88.1 cm³/mol. The second-order valence-electron chi connectivity index (χ2n) is 6.00. The van der Waals surface area contributed by atoms with E-state index in [0.717, 1.165) is 5.92 Å². The smallest absolute Gasteiger partial charge is 0.0719 e. The summed E-state index contributed by atoms with van der Waals surface area (Å²) in [6.07, 6.45) is 13.5.